The van der Waals surface area contributed by atoms with Gasteiger partial charge in [-0.1, -0.05) is 213 Å². The molecule has 0 heterocycles. The minimum absolute atomic E-state index is 0.219. The van der Waals surface area contributed by atoms with Crippen molar-refractivity contribution in [3.05, 3.63) is 207 Å². The highest BCUT2D eigenvalue weighted by atomic mass is 14.5. The molecule has 0 aromatic heterocycles. The van der Waals surface area contributed by atoms with Gasteiger partial charge in [-0.25, -0.2) is 0 Å². The van der Waals surface area contributed by atoms with E-state index in [0.717, 1.165) is 6.42 Å². The molecule has 5 aliphatic carbocycles. The van der Waals surface area contributed by atoms with Crippen LogP contribution < -0.4 is 0 Å². The van der Waals surface area contributed by atoms with Crippen molar-refractivity contribution in [1.29, 1.82) is 0 Å². The van der Waals surface area contributed by atoms with Crippen LogP contribution >= 0.6 is 0 Å². The molecular weight excluding hydrogens is 781 g/mol. The van der Waals surface area contributed by atoms with Gasteiger partial charge in [0.15, 0.2) is 0 Å². The van der Waals surface area contributed by atoms with Crippen molar-refractivity contribution in [1.82, 2.24) is 0 Å². The number of benzene rings is 9. The van der Waals surface area contributed by atoms with Gasteiger partial charge in [0.1, 0.15) is 0 Å². The Morgan fingerprint density at radius 1 is 0.338 bits per heavy atom. The summed E-state index contributed by atoms with van der Waals surface area (Å²) in [6, 6.07) is 56.3. The average Bonchev–Trinajstić information content (AvgIpc) is 3.51. The highest BCUT2D eigenvalue weighted by molar-refractivity contribution is 6.20. The summed E-state index contributed by atoms with van der Waals surface area (Å²) < 4.78 is 0. The van der Waals surface area contributed by atoms with Crippen LogP contribution in [0.5, 0.6) is 0 Å². The lowest BCUT2D eigenvalue weighted by molar-refractivity contribution is 0.627. The van der Waals surface area contributed by atoms with Gasteiger partial charge >= 0.3 is 0 Å². The maximum absolute atomic E-state index is 2.53. The number of allylic oxidation sites excluding steroid dienone is 3. The normalized spacial score (nSPS) is 17.8. The van der Waals surface area contributed by atoms with Crippen LogP contribution in [-0.2, 0) is 21.7 Å². The van der Waals surface area contributed by atoms with Crippen molar-refractivity contribution in [3.63, 3.8) is 0 Å². The average molecular weight is 833 g/mol. The molecule has 0 bridgehead atoms. The van der Waals surface area contributed by atoms with E-state index in [1.807, 2.05) is 0 Å². The summed E-state index contributed by atoms with van der Waals surface area (Å²) in [5, 5.41) is 8.33. The zero-order valence-electron chi connectivity index (χ0n) is 38.7. The van der Waals surface area contributed by atoms with Crippen molar-refractivity contribution >= 4 is 49.5 Å². The van der Waals surface area contributed by atoms with Gasteiger partial charge < -0.3 is 0 Å². The minimum Gasteiger partial charge on any atom is -0.0795 e. The first kappa shape index (κ1) is 37.6. The molecule has 0 fully saturated rings. The maximum Gasteiger partial charge on any atom is 0.0165 e. The minimum atomic E-state index is -0.276. The van der Waals surface area contributed by atoms with Crippen LogP contribution in [0.1, 0.15) is 117 Å². The van der Waals surface area contributed by atoms with Crippen LogP contribution in [0.2, 0.25) is 0 Å². The van der Waals surface area contributed by atoms with E-state index in [1.54, 1.807) is 0 Å². The molecule has 65 heavy (non-hydrogen) atoms. The van der Waals surface area contributed by atoms with Gasteiger partial charge in [0, 0.05) is 21.7 Å². The number of rotatable bonds is 3. The Kier molecular flexibility index (Phi) is 7.01. The standard InChI is InChI=1S/C65H52/c1-62(2)46-32-25-38-20-15-21-44(60-50(38)54(46)55-48(64(60,5)6)34-26-39-22-29-42(58(62)51(39)55)36-16-11-9-12-17-36)45-31-24-41-28-33-47-57-53(41)61(45)65(7,8)49-35-27-40-23-30-43(37-18-13-10-14-19-37)59(63(47,3)4)52(40)56(49)57/h9-20,22-35H,21H2,1-8H3. The van der Waals surface area contributed by atoms with E-state index < -0.39 is 0 Å². The molecule has 9 aromatic carbocycles. The van der Waals surface area contributed by atoms with E-state index in [-0.39, 0.29) is 21.7 Å². The van der Waals surface area contributed by atoms with Crippen molar-refractivity contribution in [3.8, 4) is 44.5 Å². The van der Waals surface area contributed by atoms with Crippen LogP contribution in [0.25, 0.3) is 94.0 Å². The second-order valence-corrected chi connectivity index (χ2v) is 21.9. The summed E-state index contributed by atoms with van der Waals surface area (Å²) in [6.45, 7) is 20.0. The highest BCUT2D eigenvalue weighted by Gasteiger charge is 2.49. The summed E-state index contributed by atoms with van der Waals surface area (Å²) in [6.07, 6.45) is 5.80. The Morgan fingerprint density at radius 3 is 1.22 bits per heavy atom. The molecule has 0 nitrogen and oxygen atoms in total. The predicted molar refractivity (Wildman–Crippen MR) is 277 cm³/mol. The molecule has 0 N–H and O–H groups in total. The maximum atomic E-state index is 2.53. The Bertz CT molecular complexity index is 3750. The molecule has 0 atom stereocenters. The second kappa shape index (κ2) is 12.1. The molecule has 0 saturated heterocycles. The largest absolute Gasteiger partial charge is 0.0795 e. The van der Waals surface area contributed by atoms with Gasteiger partial charge in [0.2, 0.25) is 0 Å². The lowest BCUT2D eigenvalue weighted by Gasteiger charge is -2.47. The lowest BCUT2D eigenvalue weighted by atomic mass is 9.56. The molecule has 0 unspecified atom stereocenters. The van der Waals surface area contributed by atoms with Gasteiger partial charge in [-0.3, -0.25) is 0 Å². The zero-order chi connectivity index (χ0) is 44.1. The Labute approximate surface area is 383 Å². The number of hydrogen-bond acceptors (Lipinski definition) is 0. The van der Waals surface area contributed by atoms with Gasteiger partial charge in [-0.2, -0.15) is 0 Å². The monoisotopic (exact) mass is 832 g/mol. The highest BCUT2D eigenvalue weighted by Crippen LogP contribution is 2.65. The van der Waals surface area contributed by atoms with Gasteiger partial charge in [0.05, 0.1) is 0 Å². The molecule has 312 valence electrons. The molecule has 14 rings (SSSR count). The fraction of sp³-hybridized carbons (Fsp3) is 0.200. The van der Waals surface area contributed by atoms with E-state index in [9.17, 15) is 0 Å². The molecule has 0 heteroatoms. The van der Waals surface area contributed by atoms with Crippen LogP contribution in [0.3, 0.4) is 0 Å². The Morgan fingerprint density at radius 2 is 0.723 bits per heavy atom. The van der Waals surface area contributed by atoms with Gasteiger partial charge in [-0.15, -0.1) is 0 Å². The Hall–Kier alpha value is -6.76. The van der Waals surface area contributed by atoms with Crippen molar-refractivity contribution in [2.24, 2.45) is 0 Å². The molecule has 9 aromatic rings. The van der Waals surface area contributed by atoms with Crippen molar-refractivity contribution in [2.45, 2.75) is 83.5 Å². The first-order valence-corrected chi connectivity index (χ1v) is 23.8. The fourth-order valence-electron chi connectivity index (χ4n) is 14.3. The van der Waals surface area contributed by atoms with Gasteiger partial charge in [-0.05, 0) is 150 Å². The molecule has 0 amide bonds. The topological polar surface area (TPSA) is 0 Å². The molecular formula is C65H52. The fourth-order valence-corrected chi connectivity index (χ4v) is 14.3. The summed E-state index contributed by atoms with van der Waals surface area (Å²) in [4.78, 5) is 0. The van der Waals surface area contributed by atoms with E-state index in [0.29, 0.717) is 0 Å². The predicted octanol–water partition coefficient (Wildman–Crippen LogP) is 17.4. The smallest absolute Gasteiger partial charge is 0.0165 e. The summed E-state index contributed by atoms with van der Waals surface area (Å²) in [7, 11) is 0. The summed E-state index contributed by atoms with van der Waals surface area (Å²) in [5.41, 5.74) is 27.4. The molecule has 0 aliphatic heterocycles. The third kappa shape index (κ3) is 4.44. The quantitative estimate of drug-likeness (QED) is 0.166. The first-order chi connectivity index (χ1) is 31.3. The van der Waals surface area contributed by atoms with Crippen molar-refractivity contribution in [2.75, 3.05) is 0 Å². The molecule has 5 aliphatic rings. The Balaban J connectivity index is 1.10. The third-order valence-corrected chi connectivity index (χ3v) is 17.2. The van der Waals surface area contributed by atoms with Crippen LogP contribution in [0.15, 0.2) is 152 Å². The van der Waals surface area contributed by atoms with E-state index in [1.165, 1.54) is 144 Å². The first-order valence-electron chi connectivity index (χ1n) is 23.8. The van der Waals surface area contributed by atoms with Crippen molar-refractivity contribution < 1.29 is 0 Å². The molecule has 0 radical (unpaired) electrons. The van der Waals surface area contributed by atoms with E-state index in [2.05, 4.69) is 213 Å². The summed E-state index contributed by atoms with van der Waals surface area (Å²) in [5.74, 6) is 0. The molecule has 0 saturated carbocycles. The number of hydrogen-bond donors (Lipinski definition) is 0. The second-order valence-electron chi connectivity index (χ2n) is 21.9. The third-order valence-electron chi connectivity index (χ3n) is 17.2. The van der Waals surface area contributed by atoms with E-state index >= 15 is 0 Å². The van der Waals surface area contributed by atoms with Crippen LogP contribution in [0, 0.1) is 0 Å². The van der Waals surface area contributed by atoms with Crippen LogP contribution in [-0.4, -0.2) is 0 Å². The molecule has 0 spiro atoms. The van der Waals surface area contributed by atoms with Gasteiger partial charge in [0.25, 0.3) is 0 Å². The SMILES string of the molecule is CC1(C)C2=C(c3ccc4ccc5c6c4c3C(C)(C)c3ccc4ccc(-c7ccccc7)c(c4c3-6)C5(C)C)CC=Cc3ccc4c(c32)-c2c1ccc1ccc(-c3ccccc3)c(c21)C4(C)C. The van der Waals surface area contributed by atoms with E-state index in [4.69, 9.17) is 0 Å². The lowest BCUT2D eigenvalue weighted by Crippen LogP contribution is -2.33. The van der Waals surface area contributed by atoms with Crippen LogP contribution in [0.4, 0.5) is 0 Å². The zero-order valence-corrected chi connectivity index (χ0v) is 38.7. The summed E-state index contributed by atoms with van der Waals surface area (Å²) >= 11 is 0.